The SMILES string of the molecule is CC1(C)C(=O)NC(c2ccc(NC(=O)CN)cc2)c2ccccc21.O=C(O)/C=C\C(=O)O. The molecule has 2 aromatic rings. The first-order chi connectivity index (χ1) is 15.1. The van der Waals surface area contributed by atoms with Crippen LogP contribution < -0.4 is 16.4 Å². The van der Waals surface area contributed by atoms with Crippen molar-refractivity contribution in [2.75, 3.05) is 11.9 Å². The van der Waals surface area contributed by atoms with Crippen molar-refractivity contribution in [1.82, 2.24) is 5.32 Å². The van der Waals surface area contributed by atoms with Crippen LogP contribution in [0.3, 0.4) is 0 Å². The van der Waals surface area contributed by atoms with Crippen LogP contribution in [-0.4, -0.2) is 40.5 Å². The van der Waals surface area contributed by atoms with E-state index in [1.165, 1.54) is 0 Å². The second-order valence-electron chi connectivity index (χ2n) is 7.50. The Bertz CT molecular complexity index is 1030. The predicted molar refractivity (Wildman–Crippen MR) is 118 cm³/mol. The highest BCUT2D eigenvalue weighted by Gasteiger charge is 2.39. The number of carboxylic acids is 2. The molecule has 6 N–H and O–H groups in total. The molecule has 168 valence electrons. The molecule has 32 heavy (non-hydrogen) atoms. The fourth-order valence-electron chi connectivity index (χ4n) is 3.21. The van der Waals surface area contributed by atoms with Crippen molar-refractivity contribution < 1.29 is 29.4 Å². The van der Waals surface area contributed by atoms with Crippen LogP contribution in [0.5, 0.6) is 0 Å². The van der Waals surface area contributed by atoms with E-state index in [2.05, 4.69) is 10.6 Å². The zero-order chi connectivity index (χ0) is 23.9. The minimum atomic E-state index is -1.26. The summed E-state index contributed by atoms with van der Waals surface area (Å²) in [5.74, 6) is -2.74. The third kappa shape index (κ3) is 6.02. The van der Waals surface area contributed by atoms with Crippen molar-refractivity contribution in [2.24, 2.45) is 5.73 Å². The molecule has 2 aromatic carbocycles. The topological polar surface area (TPSA) is 159 Å². The van der Waals surface area contributed by atoms with Crippen molar-refractivity contribution in [3.8, 4) is 0 Å². The molecule has 1 heterocycles. The number of aliphatic carboxylic acids is 2. The number of carbonyl (C=O) groups excluding carboxylic acids is 2. The second kappa shape index (κ2) is 10.4. The van der Waals surface area contributed by atoms with Crippen LogP contribution in [-0.2, 0) is 24.6 Å². The van der Waals surface area contributed by atoms with E-state index >= 15 is 0 Å². The Kier molecular flexibility index (Phi) is 7.86. The number of hydrogen-bond donors (Lipinski definition) is 5. The maximum absolute atomic E-state index is 12.5. The first-order valence-corrected chi connectivity index (χ1v) is 9.70. The van der Waals surface area contributed by atoms with E-state index < -0.39 is 17.4 Å². The highest BCUT2D eigenvalue weighted by Crippen LogP contribution is 2.38. The lowest BCUT2D eigenvalue weighted by Gasteiger charge is -2.37. The Morgan fingerprint density at radius 3 is 2.12 bits per heavy atom. The molecule has 0 aliphatic carbocycles. The molecule has 1 aliphatic heterocycles. The Hall–Kier alpha value is -3.98. The zero-order valence-corrected chi connectivity index (χ0v) is 17.7. The molecule has 0 fully saturated rings. The largest absolute Gasteiger partial charge is 0.478 e. The molecule has 0 spiro atoms. The minimum Gasteiger partial charge on any atom is -0.478 e. The fraction of sp³-hybridized carbons (Fsp3) is 0.217. The first-order valence-electron chi connectivity index (χ1n) is 9.70. The third-order valence-corrected chi connectivity index (χ3v) is 4.87. The lowest BCUT2D eigenvalue weighted by atomic mass is 9.75. The lowest BCUT2D eigenvalue weighted by Crippen LogP contribution is -2.47. The summed E-state index contributed by atoms with van der Waals surface area (Å²) in [7, 11) is 0. The molecule has 0 aromatic heterocycles. The average Bonchev–Trinajstić information content (AvgIpc) is 2.76. The number of hydrogen-bond acceptors (Lipinski definition) is 5. The second-order valence-corrected chi connectivity index (χ2v) is 7.50. The molecule has 9 nitrogen and oxygen atoms in total. The van der Waals surface area contributed by atoms with Gasteiger partial charge < -0.3 is 26.6 Å². The van der Waals surface area contributed by atoms with E-state index in [-0.39, 0.29) is 24.4 Å². The molecule has 1 aliphatic rings. The summed E-state index contributed by atoms with van der Waals surface area (Å²) in [5.41, 5.74) is 8.54. The van der Waals surface area contributed by atoms with Crippen LogP contribution in [0.4, 0.5) is 5.69 Å². The van der Waals surface area contributed by atoms with E-state index in [0.717, 1.165) is 16.7 Å². The summed E-state index contributed by atoms with van der Waals surface area (Å²) < 4.78 is 0. The number of benzene rings is 2. The van der Waals surface area contributed by atoms with Gasteiger partial charge in [-0.15, -0.1) is 0 Å². The van der Waals surface area contributed by atoms with Gasteiger partial charge in [-0.1, -0.05) is 36.4 Å². The van der Waals surface area contributed by atoms with Gasteiger partial charge in [0.25, 0.3) is 0 Å². The first kappa shape index (κ1) is 24.3. The van der Waals surface area contributed by atoms with Gasteiger partial charge in [0.05, 0.1) is 18.0 Å². The van der Waals surface area contributed by atoms with Gasteiger partial charge >= 0.3 is 11.9 Å². The summed E-state index contributed by atoms with van der Waals surface area (Å²) in [4.78, 5) is 43.0. The highest BCUT2D eigenvalue weighted by molar-refractivity contribution is 5.92. The summed E-state index contributed by atoms with van der Waals surface area (Å²) in [5, 5.41) is 21.4. The van der Waals surface area contributed by atoms with Gasteiger partial charge in [-0.3, -0.25) is 9.59 Å². The number of anilines is 1. The number of carbonyl (C=O) groups is 4. The third-order valence-electron chi connectivity index (χ3n) is 4.87. The summed E-state index contributed by atoms with van der Waals surface area (Å²) >= 11 is 0. The Morgan fingerprint density at radius 2 is 1.59 bits per heavy atom. The van der Waals surface area contributed by atoms with Crippen LogP contribution in [0.25, 0.3) is 0 Å². The van der Waals surface area contributed by atoms with Gasteiger partial charge in [-0.2, -0.15) is 0 Å². The Morgan fingerprint density at radius 1 is 1.03 bits per heavy atom. The molecular weight excluding hydrogens is 414 g/mol. The van der Waals surface area contributed by atoms with Gasteiger partial charge in [0, 0.05) is 17.8 Å². The van der Waals surface area contributed by atoms with Gasteiger partial charge in [-0.05, 0) is 42.7 Å². The van der Waals surface area contributed by atoms with Gasteiger partial charge in [0.15, 0.2) is 0 Å². The maximum Gasteiger partial charge on any atom is 0.328 e. The summed E-state index contributed by atoms with van der Waals surface area (Å²) in [6.45, 7) is 3.81. The van der Waals surface area contributed by atoms with Crippen LogP contribution in [0, 0.1) is 0 Å². The summed E-state index contributed by atoms with van der Waals surface area (Å²) in [6, 6.07) is 15.3. The van der Waals surface area contributed by atoms with E-state index in [9.17, 15) is 19.2 Å². The normalized spacial score (nSPS) is 16.2. The molecule has 1 unspecified atom stereocenters. The number of carboxylic acid groups (broad SMARTS) is 2. The van der Waals surface area contributed by atoms with Crippen LogP contribution in [0.15, 0.2) is 60.7 Å². The minimum absolute atomic E-state index is 0.00621. The molecule has 0 bridgehead atoms. The van der Waals surface area contributed by atoms with Crippen LogP contribution in [0.1, 0.15) is 36.6 Å². The monoisotopic (exact) mass is 439 g/mol. The van der Waals surface area contributed by atoms with Crippen LogP contribution >= 0.6 is 0 Å². The average molecular weight is 439 g/mol. The van der Waals surface area contributed by atoms with E-state index in [4.69, 9.17) is 15.9 Å². The van der Waals surface area contributed by atoms with Gasteiger partial charge in [0.1, 0.15) is 0 Å². The highest BCUT2D eigenvalue weighted by atomic mass is 16.4. The fourth-order valence-corrected chi connectivity index (χ4v) is 3.21. The number of nitrogens with one attached hydrogen (secondary N) is 2. The smallest absolute Gasteiger partial charge is 0.328 e. The molecule has 0 saturated carbocycles. The Balaban J connectivity index is 0.000000390. The number of amides is 2. The van der Waals surface area contributed by atoms with E-state index in [0.29, 0.717) is 17.8 Å². The zero-order valence-electron chi connectivity index (χ0n) is 17.7. The van der Waals surface area contributed by atoms with Crippen molar-refractivity contribution in [1.29, 1.82) is 0 Å². The Labute approximate surface area is 184 Å². The van der Waals surface area contributed by atoms with E-state index in [1.807, 2.05) is 62.4 Å². The quantitative estimate of drug-likeness (QED) is 0.444. The predicted octanol–water partition coefficient (Wildman–Crippen LogP) is 1.79. The van der Waals surface area contributed by atoms with Crippen molar-refractivity contribution >= 4 is 29.4 Å². The lowest BCUT2D eigenvalue weighted by molar-refractivity contribution is -0.134. The molecular formula is C23H25N3O6. The van der Waals surface area contributed by atoms with Gasteiger partial charge in [0.2, 0.25) is 11.8 Å². The molecule has 1 atom stereocenters. The molecule has 9 heteroatoms. The number of rotatable bonds is 5. The molecule has 0 saturated heterocycles. The van der Waals surface area contributed by atoms with E-state index in [1.54, 1.807) is 0 Å². The van der Waals surface area contributed by atoms with Crippen molar-refractivity contribution in [3.05, 3.63) is 77.4 Å². The van der Waals surface area contributed by atoms with Crippen LogP contribution in [0.2, 0.25) is 0 Å². The maximum atomic E-state index is 12.5. The molecule has 3 rings (SSSR count). The molecule has 0 radical (unpaired) electrons. The molecule has 2 amide bonds. The number of fused-ring (bicyclic) bond motifs is 1. The van der Waals surface area contributed by atoms with Crippen molar-refractivity contribution in [2.45, 2.75) is 25.3 Å². The standard InChI is InChI=1S/C19H21N3O2.C4H4O4/c1-19(2)15-6-4-3-5-14(15)17(22-18(19)24)12-7-9-13(10-8-12)21-16(23)11-20;5-3(6)1-2-4(7)8/h3-10,17H,11,20H2,1-2H3,(H,21,23)(H,22,24);1-2H,(H,5,6)(H,7,8)/b;2-1-. The van der Waals surface area contributed by atoms with Gasteiger partial charge in [-0.25, -0.2) is 9.59 Å². The summed E-state index contributed by atoms with van der Waals surface area (Å²) in [6.07, 6.45) is 1.12. The number of nitrogens with two attached hydrogens (primary N) is 1. The van der Waals surface area contributed by atoms with Crippen molar-refractivity contribution in [3.63, 3.8) is 0 Å².